The van der Waals surface area contributed by atoms with Gasteiger partial charge in [0.25, 0.3) is 5.91 Å². The van der Waals surface area contributed by atoms with E-state index in [1.165, 1.54) is 0 Å². The van der Waals surface area contributed by atoms with E-state index in [0.29, 0.717) is 24.9 Å². The maximum atomic E-state index is 12.8. The van der Waals surface area contributed by atoms with Gasteiger partial charge in [0.15, 0.2) is 0 Å². The molecule has 1 aromatic rings. The van der Waals surface area contributed by atoms with E-state index in [1.807, 2.05) is 17.0 Å². The van der Waals surface area contributed by atoms with Crippen LogP contribution in [0.2, 0.25) is 0 Å². The van der Waals surface area contributed by atoms with Crippen LogP contribution >= 0.6 is 0 Å². The number of likely N-dealkylation sites (tertiary alicyclic amines) is 1. The average molecular weight is 358 g/mol. The fraction of sp³-hybridized carbons (Fsp3) is 0.550. The number of carbonyl (C=O) groups excluding carboxylic acids is 2. The van der Waals surface area contributed by atoms with Gasteiger partial charge in [0, 0.05) is 43.7 Å². The van der Waals surface area contributed by atoms with Gasteiger partial charge in [-0.25, -0.2) is 0 Å². The first-order chi connectivity index (χ1) is 12.5. The van der Waals surface area contributed by atoms with Gasteiger partial charge in [0.1, 0.15) is 0 Å². The minimum absolute atomic E-state index is 0.0125. The number of anilines is 1. The molecule has 2 aliphatic heterocycles. The van der Waals surface area contributed by atoms with Crippen molar-refractivity contribution in [2.75, 3.05) is 24.5 Å². The normalized spacial score (nSPS) is 20.9. The second kappa shape index (κ2) is 8.34. The molecule has 2 aliphatic rings. The number of rotatable bonds is 5. The molecule has 0 saturated carbocycles. The molecule has 1 N–H and O–H groups in total. The molecule has 2 heterocycles. The third-order valence-electron chi connectivity index (χ3n) is 5.32. The lowest BCUT2D eigenvalue weighted by Gasteiger charge is -2.33. The van der Waals surface area contributed by atoms with E-state index in [1.54, 1.807) is 17.0 Å². The van der Waals surface area contributed by atoms with Gasteiger partial charge in [0.2, 0.25) is 5.91 Å². The van der Waals surface area contributed by atoms with Crippen LogP contribution in [0.1, 0.15) is 55.3 Å². The predicted molar refractivity (Wildman–Crippen MR) is 98.1 cm³/mol. The first-order valence-corrected chi connectivity index (χ1v) is 9.46. The van der Waals surface area contributed by atoms with Gasteiger partial charge in [-0.3, -0.25) is 14.4 Å². The molecule has 0 aromatic heterocycles. The summed E-state index contributed by atoms with van der Waals surface area (Å²) in [4.78, 5) is 39.2. The Hall–Kier alpha value is -2.37. The Labute approximate surface area is 153 Å². The first-order valence-electron chi connectivity index (χ1n) is 9.46. The van der Waals surface area contributed by atoms with Gasteiger partial charge in [-0.1, -0.05) is 0 Å². The van der Waals surface area contributed by atoms with Gasteiger partial charge < -0.3 is 14.9 Å². The summed E-state index contributed by atoms with van der Waals surface area (Å²) in [5, 5.41) is 8.84. The van der Waals surface area contributed by atoms with Crippen LogP contribution in [0.15, 0.2) is 24.3 Å². The Bertz CT molecular complexity index is 671. The molecular formula is C20H26N2O4. The molecule has 3 rings (SSSR count). The lowest BCUT2D eigenvalue weighted by Crippen LogP contribution is -2.40. The molecule has 2 amide bonds. The molecule has 0 bridgehead atoms. The summed E-state index contributed by atoms with van der Waals surface area (Å²) in [6, 6.07) is 7.28. The SMILES string of the molecule is O=C(O)CC[C@@H]1CCCN(C(=O)c2ccc(N3CCCCC3=O)cc2)C1. The average Bonchev–Trinajstić information content (AvgIpc) is 2.66. The van der Waals surface area contributed by atoms with E-state index in [0.717, 1.165) is 44.5 Å². The largest absolute Gasteiger partial charge is 0.481 e. The zero-order chi connectivity index (χ0) is 18.5. The van der Waals surface area contributed by atoms with E-state index in [-0.39, 0.29) is 24.2 Å². The number of benzene rings is 1. The summed E-state index contributed by atoms with van der Waals surface area (Å²) in [6.07, 6.45) is 5.22. The third-order valence-corrected chi connectivity index (χ3v) is 5.32. The van der Waals surface area contributed by atoms with E-state index in [2.05, 4.69) is 0 Å². The number of hydrogen-bond donors (Lipinski definition) is 1. The Kier molecular flexibility index (Phi) is 5.91. The van der Waals surface area contributed by atoms with Crippen molar-refractivity contribution in [2.24, 2.45) is 5.92 Å². The second-order valence-electron chi connectivity index (χ2n) is 7.24. The zero-order valence-electron chi connectivity index (χ0n) is 15.0. The lowest BCUT2D eigenvalue weighted by molar-refractivity contribution is -0.137. The van der Waals surface area contributed by atoms with E-state index >= 15 is 0 Å². The summed E-state index contributed by atoms with van der Waals surface area (Å²) in [6.45, 7) is 2.08. The minimum atomic E-state index is -0.781. The van der Waals surface area contributed by atoms with Gasteiger partial charge >= 0.3 is 5.97 Å². The van der Waals surface area contributed by atoms with Crippen LogP contribution in [0.5, 0.6) is 0 Å². The van der Waals surface area contributed by atoms with E-state index in [9.17, 15) is 14.4 Å². The zero-order valence-corrected chi connectivity index (χ0v) is 15.0. The molecule has 6 heteroatoms. The topological polar surface area (TPSA) is 77.9 Å². The van der Waals surface area contributed by atoms with Crippen molar-refractivity contribution >= 4 is 23.5 Å². The Morgan fingerprint density at radius 3 is 2.54 bits per heavy atom. The van der Waals surface area contributed by atoms with Crippen molar-refractivity contribution in [3.8, 4) is 0 Å². The third kappa shape index (κ3) is 4.42. The Morgan fingerprint density at radius 2 is 1.85 bits per heavy atom. The number of carbonyl (C=O) groups is 3. The monoisotopic (exact) mass is 358 g/mol. The summed E-state index contributed by atoms with van der Waals surface area (Å²) in [7, 11) is 0. The van der Waals surface area contributed by atoms with E-state index < -0.39 is 5.97 Å². The highest BCUT2D eigenvalue weighted by atomic mass is 16.4. The van der Waals surface area contributed by atoms with Crippen molar-refractivity contribution in [1.29, 1.82) is 0 Å². The molecule has 0 aliphatic carbocycles. The summed E-state index contributed by atoms with van der Waals surface area (Å²) < 4.78 is 0. The number of hydrogen-bond acceptors (Lipinski definition) is 3. The number of piperidine rings is 2. The Balaban J connectivity index is 1.62. The highest BCUT2D eigenvalue weighted by Crippen LogP contribution is 2.24. The summed E-state index contributed by atoms with van der Waals surface area (Å²) in [5.41, 5.74) is 1.47. The highest BCUT2D eigenvalue weighted by Gasteiger charge is 2.25. The van der Waals surface area contributed by atoms with Crippen LogP contribution in [-0.4, -0.2) is 47.4 Å². The van der Waals surface area contributed by atoms with Gasteiger partial charge in [-0.05, 0) is 62.3 Å². The highest BCUT2D eigenvalue weighted by molar-refractivity contribution is 5.97. The molecule has 26 heavy (non-hydrogen) atoms. The molecule has 2 fully saturated rings. The number of carboxylic acid groups (broad SMARTS) is 1. The number of carboxylic acids is 1. The van der Waals surface area contributed by atoms with Crippen molar-refractivity contribution in [3.63, 3.8) is 0 Å². The van der Waals surface area contributed by atoms with Crippen molar-refractivity contribution in [3.05, 3.63) is 29.8 Å². The Morgan fingerprint density at radius 1 is 1.08 bits per heavy atom. The molecule has 140 valence electrons. The van der Waals surface area contributed by atoms with Gasteiger partial charge in [0.05, 0.1) is 0 Å². The number of aliphatic carboxylic acids is 1. The van der Waals surface area contributed by atoms with Crippen molar-refractivity contribution in [2.45, 2.75) is 44.9 Å². The minimum Gasteiger partial charge on any atom is -0.481 e. The molecule has 6 nitrogen and oxygen atoms in total. The quantitative estimate of drug-likeness (QED) is 0.878. The van der Waals surface area contributed by atoms with Crippen LogP contribution in [-0.2, 0) is 9.59 Å². The standard InChI is InChI=1S/C20H26N2O4/c23-18-5-1-2-13-22(18)17-9-7-16(8-10-17)20(26)21-12-3-4-15(14-21)6-11-19(24)25/h7-10,15H,1-6,11-14H2,(H,24,25)/t15-/m0/s1. The summed E-state index contributed by atoms with van der Waals surface area (Å²) in [5.74, 6) is -0.389. The first kappa shape index (κ1) is 18.4. The molecular weight excluding hydrogens is 332 g/mol. The fourth-order valence-corrected chi connectivity index (χ4v) is 3.86. The molecule has 2 saturated heterocycles. The second-order valence-corrected chi connectivity index (χ2v) is 7.24. The van der Waals surface area contributed by atoms with Crippen molar-refractivity contribution < 1.29 is 19.5 Å². The van der Waals surface area contributed by atoms with Crippen molar-refractivity contribution in [1.82, 2.24) is 4.90 Å². The summed E-state index contributed by atoms with van der Waals surface area (Å²) >= 11 is 0. The molecule has 0 spiro atoms. The van der Waals surface area contributed by atoms with E-state index in [4.69, 9.17) is 5.11 Å². The maximum Gasteiger partial charge on any atom is 0.303 e. The van der Waals surface area contributed by atoms with Crippen LogP contribution in [0.4, 0.5) is 5.69 Å². The predicted octanol–water partition coefficient (Wildman–Crippen LogP) is 2.92. The number of amides is 2. The fourth-order valence-electron chi connectivity index (χ4n) is 3.86. The molecule has 1 aromatic carbocycles. The maximum absolute atomic E-state index is 12.8. The van der Waals surface area contributed by atoms with Crippen LogP contribution in [0.25, 0.3) is 0 Å². The molecule has 1 atom stereocenters. The smallest absolute Gasteiger partial charge is 0.303 e. The van der Waals surface area contributed by atoms with Crippen LogP contribution < -0.4 is 4.90 Å². The number of nitrogens with zero attached hydrogens (tertiary/aromatic N) is 2. The van der Waals surface area contributed by atoms with Gasteiger partial charge in [-0.15, -0.1) is 0 Å². The molecule has 0 unspecified atom stereocenters. The lowest BCUT2D eigenvalue weighted by atomic mass is 9.93. The van der Waals surface area contributed by atoms with Crippen LogP contribution in [0, 0.1) is 5.92 Å². The van der Waals surface area contributed by atoms with Gasteiger partial charge in [-0.2, -0.15) is 0 Å². The van der Waals surface area contributed by atoms with Crippen LogP contribution in [0.3, 0.4) is 0 Å². The molecule has 0 radical (unpaired) electrons.